The van der Waals surface area contributed by atoms with E-state index in [4.69, 9.17) is 9.47 Å². The molecule has 1 aliphatic heterocycles. The van der Waals surface area contributed by atoms with Gasteiger partial charge in [-0.2, -0.15) is 0 Å². The van der Waals surface area contributed by atoms with Crippen LogP contribution in [0, 0.1) is 0 Å². The SMILES string of the molecule is COc1cccc2c1CCC2C(=O)NS(=O)(=O)C1CCOCC1. The smallest absolute Gasteiger partial charge is 0.240 e. The maximum absolute atomic E-state index is 12.5. The van der Waals surface area contributed by atoms with Crippen LogP contribution in [-0.4, -0.2) is 39.9 Å². The number of carbonyl (C=O) groups excluding carboxylic acids is 1. The van der Waals surface area contributed by atoms with Crippen LogP contribution in [0.25, 0.3) is 0 Å². The Morgan fingerprint density at radius 1 is 1.26 bits per heavy atom. The van der Waals surface area contributed by atoms with Gasteiger partial charge >= 0.3 is 0 Å². The maximum Gasteiger partial charge on any atom is 0.240 e. The van der Waals surface area contributed by atoms with E-state index in [0.717, 1.165) is 23.3 Å². The van der Waals surface area contributed by atoms with Gasteiger partial charge in [-0.1, -0.05) is 12.1 Å². The third-order valence-electron chi connectivity index (χ3n) is 4.61. The number of hydrogen-bond donors (Lipinski definition) is 1. The van der Waals surface area contributed by atoms with E-state index in [1.807, 2.05) is 18.2 Å². The van der Waals surface area contributed by atoms with Gasteiger partial charge in [0.25, 0.3) is 0 Å². The van der Waals surface area contributed by atoms with Crippen LogP contribution in [0.2, 0.25) is 0 Å². The molecule has 7 heteroatoms. The predicted molar refractivity (Wildman–Crippen MR) is 85.0 cm³/mol. The number of amides is 1. The lowest BCUT2D eigenvalue weighted by Crippen LogP contribution is -2.42. The topological polar surface area (TPSA) is 81.7 Å². The highest BCUT2D eigenvalue weighted by Gasteiger charge is 2.35. The summed E-state index contributed by atoms with van der Waals surface area (Å²) >= 11 is 0. The summed E-state index contributed by atoms with van der Waals surface area (Å²) in [5.74, 6) is -0.122. The van der Waals surface area contributed by atoms with E-state index in [2.05, 4.69) is 4.72 Å². The largest absolute Gasteiger partial charge is 0.496 e. The summed E-state index contributed by atoms with van der Waals surface area (Å²) in [5, 5.41) is -0.550. The molecule has 1 aromatic rings. The van der Waals surface area contributed by atoms with Gasteiger partial charge in [0, 0.05) is 13.2 Å². The van der Waals surface area contributed by atoms with Gasteiger partial charge in [-0.25, -0.2) is 8.42 Å². The highest BCUT2D eigenvalue weighted by molar-refractivity contribution is 7.90. The highest BCUT2D eigenvalue weighted by atomic mass is 32.2. The van der Waals surface area contributed by atoms with Gasteiger partial charge in [-0.3, -0.25) is 9.52 Å². The zero-order valence-electron chi connectivity index (χ0n) is 13.1. The minimum atomic E-state index is -3.65. The zero-order valence-corrected chi connectivity index (χ0v) is 13.9. The fourth-order valence-corrected chi connectivity index (χ4v) is 4.77. The van der Waals surface area contributed by atoms with Crippen molar-refractivity contribution in [2.45, 2.75) is 36.9 Å². The molecule has 0 spiro atoms. The third kappa shape index (κ3) is 3.21. The first-order chi connectivity index (χ1) is 11.0. The second kappa shape index (κ2) is 6.49. The van der Waals surface area contributed by atoms with Crippen molar-refractivity contribution in [2.24, 2.45) is 0 Å². The molecule has 1 unspecified atom stereocenters. The molecule has 1 saturated heterocycles. The van der Waals surface area contributed by atoms with Crippen molar-refractivity contribution in [1.29, 1.82) is 0 Å². The molecule has 23 heavy (non-hydrogen) atoms. The minimum absolute atomic E-state index is 0.420. The lowest BCUT2D eigenvalue weighted by molar-refractivity contribution is -0.120. The van der Waals surface area contributed by atoms with Gasteiger partial charge in [0.2, 0.25) is 15.9 Å². The Bertz CT molecular complexity index is 694. The lowest BCUT2D eigenvalue weighted by Gasteiger charge is -2.23. The van der Waals surface area contributed by atoms with Crippen LogP contribution in [0.4, 0.5) is 0 Å². The van der Waals surface area contributed by atoms with Crippen molar-refractivity contribution in [1.82, 2.24) is 4.72 Å². The zero-order chi connectivity index (χ0) is 16.4. The van der Waals surface area contributed by atoms with Crippen molar-refractivity contribution >= 4 is 15.9 Å². The van der Waals surface area contributed by atoms with Crippen LogP contribution >= 0.6 is 0 Å². The standard InChI is InChI=1S/C16H21NO5S/c1-21-15-4-2-3-12-13(15)5-6-14(12)16(18)17-23(19,20)11-7-9-22-10-8-11/h2-4,11,14H,5-10H2,1H3,(H,17,18). The Labute approximate surface area is 136 Å². The van der Waals surface area contributed by atoms with E-state index in [9.17, 15) is 13.2 Å². The molecular weight excluding hydrogens is 318 g/mol. The number of sulfonamides is 1. The summed E-state index contributed by atoms with van der Waals surface area (Å²) in [6.07, 6.45) is 2.18. The van der Waals surface area contributed by atoms with Crippen LogP contribution in [0.1, 0.15) is 36.3 Å². The van der Waals surface area contributed by atoms with Crippen LogP contribution in [0.3, 0.4) is 0 Å². The molecule has 0 bridgehead atoms. The summed E-state index contributed by atoms with van der Waals surface area (Å²) in [4.78, 5) is 12.5. The second-order valence-corrected chi connectivity index (χ2v) is 7.90. The molecular formula is C16H21NO5S. The van der Waals surface area contributed by atoms with Crippen LogP contribution in [0.15, 0.2) is 18.2 Å². The Morgan fingerprint density at radius 3 is 2.70 bits per heavy atom. The van der Waals surface area contributed by atoms with E-state index in [0.29, 0.717) is 32.5 Å². The normalized spacial score (nSPS) is 21.7. The molecule has 1 heterocycles. The Kier molecular flexibility index (Phi) is 4.59. The van der Waals surface area contributed by atoms with Crippen molar-refractivity contribution in [2.75, 3.05) is 20.3 Å². The number of carbonyl (C=O) groups is 1. The number of ether oxygens (including phenoxy) is 2. The molecule has 1 aliphatic carbocycles. The Balaban J connectivity index is 1.76. The molecule has 126 valence electrons. The summed E-state index contributed by atoms with van der Waals surface area (Å²) < 4.78 is 37.5. The van der Waals surface area contributed by atoms with Gasteiger partial charge < -0.3 is 9.47 Å². The van der Waals surface area contributed by atoms with Crippen molar-refractivity contribution in [3.63, 3.8) is 0 Å². The molecule has 6 nitrogen and oxygen atoms in total. The van der Waals surface area contributed by atoms with E-state index in [-0.39, 0.29) is 0 Å². The maximum atomic E-state index is 12.5. The predicted octanol–water partition coefficient (Wildman–Crippen LogP) is 1.35. The first-order valence-corrected chi connectivity index (χ1v) is 9.36. The van der Waals surface area contributed by atoms with Gasteiger partial charge in [0.05, 0.1) is 18.3 Å². The summed E-state index contributed by atoms with van der Waals surface area (Å²) in [6, 6.07) is 5.56. The number of methoxy groups -OCH3 is 1. The van der Waals surface area contributed by atoms with E-state index in [1.165, 1.54) is 0 Å². The third-order valence-corrected chi connectivity index (χ3v) is 6.45. The van der Waals surface area contributed by atoms with Gasteiger partial charge in [0.15, 0.2) is 0 Å². The van der Waals surface area contributed by atoms with Crippen molar-refractivity contribution in [3.8, 4) is 5.75 Å². The fourth-order valence-electron chi connectivity index (χ4n) is 3.37. The van der Waals surface area contributed by atoms with Crippen LogP contribution in [-0.2, 0) is 26.0 Å². The van der Waals surface area contributed by atoms with Gasteiger partial charge in [-0.05, 0) is 42.9 Å². The number of benzene rings is 1. The molecule has 1 aromatic carbocycles. The quantitative estimate of drug-likeness (QED) is 0.895. The highest BCUT2D eigenvalue weighted by Crippen LogP contribution is 2.38. The molecule has 1 fully saturated rings. The van der Waals surface area contributed by atoms with Crippen molar-refractivity contribution < 1.29 is 22.7 Å². The summed E-state index contributed by atoms with van der Waals surface area (Å²) in [6.45, 7) is 0.840. The van der Waals surface area contributed by atoms with E-state index >= 15 is 0 Å². The van der Waals surface area contributed by atoms with Gasteiger partial charge in [-0.15, -0.1) is 0 Å². The Morgan fingerprint density at radius 2 is 2.00 bits per heavy atom. The first-order valence-electron chi connectivity index (χ1n) is 7.82. The first kappa shape index (κ1) is 16.3. The lowest BCUT2D eigenvalue weighted by atomic mass is 10.0. The monoisotopic (exact) mass is 339 g/mol. The molecule has 3 rings (SSSR count). The molecule has 0 aromatic heterocycles. The van der Waals surface area contributed by atoms with Crippen LogP contribution < -0.4 is 9.46 Å². The van der Waals surface area contributed by atoms with Crippen molar-refractivity contribution in [3.05, 3.63) is 29.3 Å². The number of fused-ring (bicyclic) bond motifs is 1. The Hall–Kier alpha value is -1.60. The van der Waals surface area contributed by atoms with Crippen LogP contribution in [0.5, 0.6) is 5.75 Å². The molecule has 1 amide bonds. The average Bonchev–Trinajstić information content (AvgIpc) is 2.99. The molecule has 0 saturated carbocycles. The molecule has 1 N–H and O–H groups in total. The van der Waals surface area contributed by atoms with E-state index in [1.54, 1.807) is 7.11 Å². The number of nitrogens with one attached hydrogen (secondary N) is 1. The van der Waals surface area contributed by atoms with E-state index < -0.39 is 27.1 Å². The fraction of sp³-hybridized carbons (Fsp3) is 0.562. The molecule has 1 atom stereocenters. The average molecular weight is 339 g/mol. The number of hydrogen-bond acceptors (Lipinski definition) is 5. The number of rotatable bonds is 4. The molecule has 0 radical (unpaired) electrons. The summed E-state index contributed by atoms with van der Waals surface area (Å²) in [5.41, 5.74) is 1.86. The molecule has 2 aliphatic rings. The minimum Gasteiger partial charge on any atom is -0.496 e. The summed E-state index contributed by atoms with van der Waals surface area (Å²) in [7, 11) is -2.05. The second-order valence-electron chi connectivity index (χ2n) is 5.94. The van der Waals surface area contributed by atoms with Gasteiger partial charge in [0.1, 0.15) is 5.75 Å².